The van der Waals surface area contributed by atoms with E-state index in [1.165, 1.54) is 23.9 Å². The van der Waals surface area contributed by atoms with Gasteiger partial charge in [-0.3, -0.25) is 14.9 Å². The normalized spacial score (nSPS) is 14.2. The first kappa shape index (κ1) is 17.0. The maximum atomic E-state index is 12.4. The number of benzene rings is 2. The molecule has 3 aromatic rings. The summed E-state index contributed by atoms with van der Waals surface area (Å²) in [5, 5.41) is 10.6. The van der Waals surface area contributed by atoms with Gasteiger partial charge in [0, 0.05) is 22.6 Å². The Balaban J connectivity index is 1.48. The molecule has 0 bridgehead atoms. The van der Waals surface area contributed by atoms with E-state index in [0.717, 1.165) is 22.2 Å². The number of hydrogen-bond donors (Lipinski definition) is 0. The molecule has 1 aliphatic rings. The van der Waals surface area contributed by atoms with Crippen molar-refractivity contribution in [2.75, 3.05) is 0 Å². The summed E-state index contributed by atoms with van der Waals surface area (Å²) >= 11 is 1.46. The topological polar surface area (TPSA) is 82.3 Å². The molecule has 0 aliphatic carbocycles. The zero-order valence-electron chi connectivity index (χ0n) is 13.9. The van der Waals surface area contributed by atoms with Crippen LogP contribution >= 0.6 is 11.8 Å². The van der Waals surface area contributed by atoms with Crippen LogP contribution in [0.3, 0.4) is 0 Å². The SMILES string of the molecule is O=C1/C(=C\c2ccc(Oc3ccc([N+](=O)[O-])cn3)cc2)Sc2ccccc21. The van der Waals surface area contributed by atoms with E-state index in [2.05, 4.69) is 4.98 Å². The van der Waals surface area contributed by atoms with Crippen molar-refractivity contribution in [3.8, 4) is 11.6 Å². The molecule has 0 radical (unpaired) electrons. The number of aromatic nitrogens is 1. The number of carbonyl (C=O) groups is 1. The maximum Gasteiger partial charge on any atom is 0.287 e. The van der Waals surface area contributed by atoms with E-state index in [4.69, 9.17) is 4.74 Å². The van der Waals surface area contributed by atoms with E-state index in [1.54, 1.807) is 12.1 Å². The van der Waals surface area contributed by atoms with Crippen LogP contribution in [0.4, 0.5) is 5.69 Å². The third-order valence-electron chi connectivity index (χ3n) is 3.91. The molecule has 1 aliphatic heterocycles. The van der Waals surface area contributed by atoms with Gasteiger partial charge in [0.15, 0.2) is 0 Å². The van der Waals surface area contributed by atoms with Crippen LogP contribution in [0.2, 0.25) is 0 Å². The summed E-state index contributed by atoms with van der Waals surface area (Å²) in [4.78, 5) is 28.1. The fraction of sp³-hybridized carbons (Fsp3) is 0. The summed E-state index contributed by atoms with van der Waals surface area (Å²) in [5.74, 6) is 0.849. The van der Waals surface area contributed by atoms with Crippen LogP contribution in [0, 0.1) is 10.1 Å². The molecule has 0 saturated carbocycles. The fourth-order valence-electron chi connectivity index (χ4n) is 2.58. The van der Waals surface area contributed by atoms with E-state index in [-0.39, 0.29) is 17.4 Å². The first-order valence-electron chi connectivity index (χ1n) is 8.02. The van der Waals surface area contributed by atoms with Gasteiger partial charge >= 0.3 is 0 Å². The lowest BCUT2D eigenvalue weighted by Crippen LogP contribution is -1.93. The molecule has 0 unspecified atom stereocenters. The largest absolute Gasteiger partial charge is 0.439 e. The van der Waals surface area contributed by atoms with Crippen LogP contribution in [0.1, 0.15) is 15.9 Å². The number of fused-ring (bicyclic) bond motifs is 1. The lowest BCUT2D eigenvalue weighted by atomic mass is 10.1. The molecule has 0 atom stereocenters. The monoisotopic (exact) mass is 376 g/mol. The molecule has 0 fully saturated rings. The molecular formula is C20H12N2O4S. The number of ketones is 1. The van der Waals surface area contributed by atoms with Gasteiger partial charge in [-0.15, -0.1) is 0 Å². The molecule has 132 valence electrons. The number of nitrogens with zero attached hydrogens (tertiary/aromatic N) is 2. The number of nitro groups is 1. The summed E-state index contributed by atoms with van der Waals surface area (Å²) in [5.41, 5.74) is 1.52. The Kier molecular flexibility index (Phi) is 4.43. The number of hydrogen-bond acceptors (Lipinski definition) is 6. The van der Waals surface area contributed by atoms with Gasteiger partial charge < -0.3 is 4.74 Å². The number of thioether (sulfide) groups is 1. The van der Waals surface area contributed by atoms with Crippen molar-refractivity contribution in [1.29, 1.82) is 0 Å². The predicted molar refractivity (Wildman–Crippen MR) is 102 cm³/mol. The Morgan fingerprint density at radius 1 is 1.04 bits per heavy atom. The molecule has 0 amide bonds. The van der Waals surface area contributed by atoms with Gasteiger partial charge in [0.05, 0.1) is 9.83 Å². The lowest BCUT2D eigenvalue weighted by Gasteiger charge is -2.04. The van der Waals surface area contributed by atoms with Gasteiger partial charge in [0.2, 0.25) is 11.7 Å². The highest BCUT2D eigenvalue weighted by atomic mass is 32.2. The molecule has 0 spiro atoms. The molecule has 1 aromatic heterocycles. The Bertz CT molecular complexity index is 1060. The number of Topliss-reactive ketones (excluding diaryl/α,β-unsaturated/α-hetero) is 1. The number of pyridine rings is 1. The summed E-state index contributed by atoms with van der Waals surface area (Å²) in [6, 6.07) is 17.5. The smallest absolute Gasteiger partial charge is 0.287 e. The number of rotatable bonds is 4. The Hall–Kier alpha value is -3.45. The second kappa shape index (κ2) is 7.05. The van der Waals surface area contributed by atoms with E-state index < -0.39 is 4.92 Å². The van der Waals surface area contributed by atoms with E-state index >= 15 is 0 Å². The van der Waals surface area contributed by atoms with Crippen LogP contribution in [0.25, 0.3) is 6.08 Å². The van der Waals surface area contributed by atoms with E-state index in [0.29, 0.717) is 10.7 Å². The number of carbonyl (C=O) groups excluding carboxylic acids is 1. The molecule has 0 N–H and O–H groups in total. The highest BCUT2D eigenvalue weighted by Crippen LogP contribution is 2.40. The van der Waals surface area contributed by atoms with Crippen LogP contribution < -0.4 is 4.74 Å². The van der Waals surface area contributed by atoms with Crippen molar-refractivity contribution in [3.63, 3.8) is 0 Å². The highest BCUT2D eigenvalue weighted by Gasteiger charge is 2.24. The van der Waals surface area contributed by atoms with Gasteiger partial charge in [-0.05, 0) is 35.9 Å². The van der Waals surface area contributed by atoms with Crippen LogP contribution in [-0.4, -0.2) is 15.7 Å². The Morgan fingerprint density at radius 3 is 2.48 bits per heavy atom. The van der Waals surface area contributed by atoms with Gasteiger partial charge in [-0.2, -0.15) is 0 Å². The van der Waals surface area contributed by atoms with Crippen LogP contribution in [0.5, 0.6) is 11.6 Å². The Labute approximate surface area is 158 Å². The minimum absolute atomic E-state index is 0.0333. The minimum atomic E-state index is -0.514. The molecule has 2 aromatic carbocycles. The Morgan fingerprint density at radius 2 is 1.81 bits per heavy atom. The van der Waals surface area contributed by atoms with Gasteiger partial charge in [0.25, 0.3) is 5.69 Å². The standard InChI is InChI=1S/C20H12N2O4S/c23-20-16-3-1-2-4-17(16)27-18(20)11-13-5-8-15(9-6-13)26-19-10-7-14(12-21-19)22(24)25/h1-12H/b18-11+. The second-order valence-electron chi connectivity index (χ2n) is 5.72. The molecule has 4 rings (SSSR count). The first-order chi connectivity index (χ1) is 13.1. The number of ether oxygens (including phenoxy) is 1. The molecule has 2 heterocycles. The van der Waals surface area contributed by atoms with E-state index in [9.17, 15) is 14.9 Å². The van der Waals surface area contributed by atoms with Gasteiger partial charge in [-0.1, -0.05) is 36.0 Å². The first-order valence-corrected chi connectivity index (χ1v) is 8.83. The predicted octanol–water partition coefficient (Wildman–Crippen LogP) is 5.11. The average molecular weight is 376 g/mol. The molecule has 6 nitrogen and oxygen atoms in total. The number of allylic oxidation sites excluding steroid dienone is 1. The molecular weight excluding hydrogens is 364 g/mol. The van der Waals surface area contributed by atoms with Crippen molar-refractivity contribution in [2.24, 2.45) is 0 Å². The van der Waals surface area contributed by atoms with Crippen molar-refractivity contribution in [1.82, 2.24) is 4.98 Å². The molecule has 27 heavy (non-hydrogen) atoms. The van der Waals surface area contributed by atoms with Crippen molar-refractivity contribution in [2.45, 2.75) is 4.90 Å². The van der Waals surface area contributed by atoms with Crippen molar-refractivity contribution >= 4 is 29.3 Å². The minimum Gasteiger partial charge on any atom is -0.439 e. The third kappa shape index (κ3) is 3.58. The summed E-state index contributed by atoms with van der Waals surface area (Å²) in [6.07, 6.45) is 3.00. The van der Waals surface area contributed by atoms with Gasteiger partial charge in [0.1, 0.15) is 11.9 Å². The quantitative estimate of drug-likeness (QED) is 0.357. The van der Waals surface area contributed by atoms with E-state index in [1.807, 2.05) is 42.5 Å². The van der Waals surface area contributed by atoms with Gasteiger partial charge in [-0.25, -0.2) is 4.98 Å². The van der Waals surface area contributed by atoms with Crippen molar-refractivity contribution in [3.05, 3.63) is 93.0 Å². The average Bonchev–Trinajstić information content (AvgIpc) is 3.00. The highest BCUT2D eigenvalue weighted by molar-refractivity contribution is 8.04. The maximum absolute atomic E-state index is 12.4. The summed E-state index contributed by atoms with van der Waals surface area (Å²) < 4.78 is 5.58. The molecule has 7 heteroatoms. The third-order valence-corrected chi connectivity index (χ3v) is 5.01. The van der Waals surface area contributed by atoms with Crippen LogP contribution in [-0.2, 0) is 0 Å². The van der Waals surface area contributed by atoms with Crippen molar-refractivity contribution < 1.29 is 14.5 Å². The molecule has 0 saturated heterocycles. The zero-order chi connectivity index (χ0) is 18.8. The lowest BCUT2D eigenvalue weighted by molar-refractivity contribution is -0.385. The summed E-state index contributed by atoms with van der Waals surface area (Å²) in [6.45, 7) is 0. The van der Waals surface area contributed by atoms with Crippen LogP contribution in [0.15, 0.2) is 76.7 Å². The summed E-state index contributed by atoms with van der Waals surface area (Å²) in [7, 11) is 0. The fourth-order valence-corrected chi connectivity index (χ4v) is 3.63. The second-order valence-corrected chi connectivity index (χ2v) is 6.80. The zero-order valence-corrected chi connectivity index (χ0v) is 14.7.